The monoisotopic (exact) mass is 551 g/mol. The van der Waals surface area contributed by atoms with Crippen molar-refractivity contribution < 1.29 is 31.7 Å². The Hall–Kier alpha value is -3.69. The van der Waals surface area contributed by atoms with Crippen molar-refractivity contribution in [2.75, 3.05) is 6.54 Å². The largest absolute Gasteiger partial charge is 0.451 e. The van der Waals surface area contributed by atoms with Gasteiger partial charge in [0.05, 0.1) is 17.5 Å². The zero-order valence-corrected chi connectivity index (χ0v) is 23.3. The first kappa shape index (κ1) is 28.3. The minimum atomic E-state index is -4.13. The molecule has 0 aromatic heterocycles. The highest BCUT2D eigenvalue weighted by Gasteiger charge is 2.45. The van der Waals surface area contributed by atoms with E-state index in [0.29, 0.717) is 0 Å². The van der Waals surface area contributed by atoms with Crippen molar-refractivity contribution in [2.24, 2.45) is 0 Å². The van der Waals surface area contributed by atoms with Crippen molar-refractivity contribution in [2.45, 2.75) is 62.9 Å². The summed E-state index contributed by atoms with van der Waals surface area (Å²) in [6.07, 6.45) is -2.51. The summed E-state index contributed by atoms with van der Waals surface area (Å²) >= 11 is 0. The second-order valence-electron chi connectivity index (χ2n) is 10.5. The molecule has 8 nitrogen and oxygen atoms in total. The fourth-order valence-electron chi connectivity index (χ4n) is 4.33. The third-order valence-corrected chi connectivity index (χ3v) is 7.55. The van der Waals surface area contributed by atoms with Crippen LogP contribution in [0, 0.1) is 6.92 Å². The first-order valence-electron chi connectivity index (χ1n) is 12.7. The minimum Gasteiger partial charge on any atom is -0.451 e. The van der Waals surface area contributed by atoms with Crippen molar-refractivity contribution in [1.82, 2.24) is 4.90 Å². The third-order valence-electron chi connectivity index (χ3n) is 6.17. The SMILES string of the molecule is Cc1ccc(S(=O)(=O)O[C@H]2C[C@H](C(=O)OC(c3ccccc3)c3ccccc3)N(C(=O)OC(C)(C)C)C2)cc1. The maximum absolute atomic E-state index is 13.6. The number of ether oxygens (including phenoxy) is 2. The highest BCUT2D eigenvalue weighted by molar-refractivity contribution is 7.86. The number of esters is 1. The maximum atomic E-state index is 13.6. The summed E-state index contributed by atoms with van der Waals surface area (Å²) in [7, 11) is -4.13. The van der Waals surface area contributed by atoms with Crippen molar-refractivity contribution in [3.05, 3.63) is 102 Å². The van der Waals surface area contributed by atoms with Crippen LogP contribution in [0.4, 0.5) is 4.79 Å². The fraction of sp³-hybridized carbons (Fsp3) is 0.333. The van der Waals surface area contributed by atoms with Gasteiger partial charge in [0, 0.05) is 6.42 Å². The second kappa shape index (κ2) is 11.6. The summed E-state index contributed by atoms with van der Waals surface area (Å²) in [6.45, 7) is 6.84. The zero-order valence-electron chi connectivity index (χ0n) is 22.4. The van der Waals surface area contributed by atoms with Gasteiger partial charge in [-0.1, -0.05) is 78.4 Å². The van der Waals surface area contributed by atoms with E-state index in [-0.39, 0.29) is 17.9 Å². The van der Waals surface area contributed by atoms with Crippen molar-refractivity contribution in [1.29, 1.82) is 0 Å². The summed E-state index contributed by atoms with van der Waals surface area (Å²) in [6, 6.07) is 23.7. The Morgan fingerprint density at radius 1 is 0.872 bits per heavy atom. The Kier molecular flexibility index (Phi) is 8.42. The third kappa shape index (κ3) is 7.25. The molecule has 1 aliphatic rings. The number of rotatable bonds is 7. The highest BCUT2D eigenvalue weighted by Crippen LogP contribution is 2.31. The van der Waals surface area contributed by atoms with Crippen LogP contribution in [0.1, 0.15) is 50.0 Å². The first-order chi connectivity index (χ1) is 18.4. The van der Waals surface area contributed by atoms with E-state index in [0.717, 1.165) is 16.7 Å². The second-order valence-corrected chi connectivity index (χ2v) is 12.1. The van der Waals surface area contributed by atoms with Crippen LogP contribution in [-0.2, 0) is 28.6 Å². The van der Waals surface area contributed by atoms with E-state index in [1.165, 1.54) is 17.0 Å². The van der Waals surface area contributed by atoms with E-state index >= 15 is 0 Å². The number of aryl methyl sites for hydroxylation is 1. The fourth-order valence-corrected chi connectivity index (χ4v) is 5.41. The van der Waals surface area contributed by atoms with Crippen LogP contribution in [0.3, 0.4) is 0 Å². The number of carbonyl (C=O) groups is 2. The Bertz CT molecular complexity index is 1350. The molecule has 3 aromatic rings. The Balaban J connectivity index is 1.60. The van der Waals surface area contributed by atoms with Crippen LogP contribution < -0.4 is 0 Å². The Morgan fingerprint density at radius 2 is 1.41 bits per heavy atom. The lowest BCUT2D eigenvalue weighted by Crippen LogP contribution is -2.44. The summed E-state index contributed by atoms with van der Waals surface area (Å²) in [5.41, 5.74) is 1.59. The normalized spacial score (nSPS) is 17.7. The number of benzene rings is 3. The van der Waals surface area contributed by atoms with Crippen LogP contribution >= 0.6 is 0 Å². The molecule has 39 heavy (non-hydrogen) atoms. The lowest BCUT2D eigenvalue weighted by molar-refractivity contribution is -0.152. The van der Waals surface area contributed by atoms with Crippen LogP contribution in [0.15, 0.2) is 89.8 Å². The van der Waals surface area contributed by atoms with E-state index in [4.69, 9.17) is 13.7 Å². The first-order valence-corrected chi connectivity index (χ1v) is 14.1. The van der Waals surface area contributed by atoms with Gasteiger partial charge in [0.15, 0.2) is 6.10 Å². The molecule has 0 unspecified atom stereocenters. The lowest BCUT2D eigenvalue weighted by Gasteiger charge is -2.28. The average molecular weight is 552 g/mol. The molecule has 0 saturated carbocycles. The van der Waals surface area contributed by atoms with Crippen molar-refractivity contribution in [3.63, 3.8) is 0 Å². The van der Waals surface area contributed by atoms with E-state index in [9.17, 15) is 18.0 Å². The van der Waals surface area contributed by atoms with E-state index in [1.54, 1.807) is 32.9 Å². The highest BCUT2D eigenvalue weighted by atomic mass is 32.2. The molecule has 0 radical (unpaired) electrons. The van der Waals surface area contributed by atoms with Gasteiger partial charge in [-0.2, -0.15) is 8.42 Å². The maximum Gasteiger partial charge on any atom is 0.411 e. The molecule has 1 aliphatic heterocycles. The molecule has 9 heteroatoms. The number of likely N-dealkylation sites (tertiary alicyclic amines) is 1. The summed E-state index contributed by atoms with van der Waals surface area (Å²) in [4.78, 5) is 27.9. The topological polar surface area (TPSA) is 99.2 Å². The van der Waals surface area contributed by atoms with Gasteiger partial charge in [0.2, 0.25) is 0 Å². The number of amides is 1. The van der Waals surface area contributed by atoms with Crippen LogP contribution in [0.25, 0.3) is 0 Å². The lowest BCUT2D eigenvalue weighted by atomic mass is 10.0. The number of carbonyl (C=O) groups excluding carboxylic acids is 2. The Morgan fingerprint density at radius 3 is 1.92 bits per heavy atom. The molecule has 4 rings (SSSR count). The molecule has 1 heterocycles. The van der Waals surface area contributed by atoms with Gasteiger partial charge in [0.1, 0.15) is 11.6 Å². The van der Waals surface area contributed by atoms with Gasteiger partial charge < -0.3 is 9.47 Å². The Labute approximate surface area is 229 Å². The predicted octanol–water partition coefficient (Wildman–Crippen LogP) is 5.41. The van der Waals surface area contributed by atoms with E-state index in [1.807, 2.05) is 67.6 Å². The molecule has 206 valence electrons. The molecule has 1 saturated heterocycles. The van der Waals surface area contributed by atoms with Gasteiger partial charge in [-0.15, -0.1) is 0 Å². The minimum absolute atomic E-state index is 0.00355. The molecule has 0 aliphatic carbocycles. The van der Waals surface area contributed by atoms with Crippen LogP contribution in [-0.4, -0.2) is 49.7 Å². The number of hydrogen-bond acceptors (Lipinski definition) is 7. The summed E-state index contributed by atoms with van der Waals surface area (Å²) in [5.74, 6) is -0.683. The summed E-state index contributed by atoms with van der Waals surface area (Å²) < 4.78 is 42.9. The molecule has 2 atom stereocenters. The van der Waals surface area contributed by atoms with E-state index < -0.39 is 46.0 Å². The number of nitrogens with zero attached hydrogens (tertiary/aromatic N) is 1. The van der Waals surface area contributed by atoms with Crippen LogP contribution in [0.2, 0.25) is 0 Å². The van der Waals surface area contributed by atoms with Crippen LogP contribution in [0.5, 0.6) is 0 Å². The molecule has 1 amide bonds. The van der Waals surface area contributed by atoms with Gasteiger partial charge in [0.25, 0.3) is 10.1 Å². The molecule has 1 fully saturated rings. The van der Waals surface area contributed by atoms with Gasteiger partial charge >= 0.3 is 12.1 Å². The van der Waals surface area contributed by atoms with E-state index in [2.05, 4.69) is 0 Å². The molecule has 0 N–H and O–H groups in total. The molecule has 0 bridgehead atoms. The van der Waals surface area contributed by atoms with Crippen molar-refractivity contribution in [3.8, 4) is 0 Å². The quantitative estimate of drug-likeness (QED) is 0.286. The zero-order chi connectivity index (χ0) is 28.2. The molecule has 3 aromatic carbocycles. The average Bonchev–Trinajstić information content (AvgIpc) is 3.31. The standard InChI is InChI=1S/C30H33NO7S/c1-21-15-17-25(18-16-21)39(34,35)38-24-19-26(31(20-24)29(33)37-30(2,3)4)28(32)36-27(22-11-7-5-8-12-22)23-13-9-6-10-14-23/h5-18,24,26-27H,19-20H2,1-4H3/t24-,26+/m0/s1. The van der Waals surface area contributed by atoms with Crippen molar-refractivity contribution >= 4 is 22.2 Å². The molecular weight excluding hydrogens is 518 g/mol. The predicted molar refractivity (Wildman–Crippen MR) is 145 cm³/mol. The van der Waals surface area contributed by atoms with Gasteiger partial charge in [-0.3, -0.25) is 9.08 Å². The molecule has 0 spiro atoms. The number of hydrogen-bond donors (Lipinski definition) is 0. The smallest absolute Gasteiger partial charge is 0.411 e. The summed E-state index contributed by atoms with van der Waals surface area (Å²) in [5, 5.41) is 0. The van der Waals surface area contributed by atoms with Gasteiger partial charge in [-0.25, -0.2) is 9.59 Å². The van der Waals surface area contributed by atoms with Gasteiger partial charge in [-0.05, 0) is 51.0 Å². The molecular formula is C30H33NO7S.